The molecule has 2 heteroatoms. The van der Waals surface area contributed by atoms with E-state index in [1.165, 1.54) is 22.3 Å². The summed E-state index contributed by atoms with van der Waals surface area (Å²) in [5, 5.41) is 9.72. The van der Waals surface area contributed by atoms with E-state index in [2.05, 4.69) is 12.1 Å². The Labute approximate surface area is 102 Å². The third-order valence-electron chi connectivity index (χ3n) is 3.97. The molecule has 0 bridgehead atoms. The van der Waals surface area contributed by atoms with E-state index in [9.17, 15) is 5.11 Å². The van der Waals surface area contributed by atoms with Gasteiger partial charge in [-0.05, 0) is 60.9 Å². The summed E-state index contributed by atoms with van der Waals surface area (Å²) < 4.78 is 5.28. The molecule has 90 valence electrons. The fraction of sp³-hybridized carbons (Fsp3) is 0.467. The quantitative estimate of drug-likeness (QED) is 0.803. The van der Waals surface area contributed by atoms with E-state index in [0.29, 0.717) is 0 Å². The molecule has 0 aliphatic heterocycles. The lowest BCUT2D eigenvalue weighted by atomic mass is 9.77. The molecule has 17 heavy (non-hydrogen) atoms. The highest BCUT2D eigenvalue weighted by Gasteiger charge is 2.25. The normalized spacial score (nSPS) is 23.1. The van der Waals surface area contributed by atoms with Crippen molar-refractivity contribution in [1.82, 2.24) is 0 Å². The number of hydrogen-bond acceptors (Lipinski definition) is 2. The first-order valence-electron chi connectivity index (χ1n) is 6.34. The van der Waals surface area contributed by atoms with Gasteiger partial charge in [0.15, 0.2) is 0 Å². The van der Waals surface area contributed by atoms with Gasteiger partial charge in [0.1, 0.15) is 5.75 Å². The van der Waals surface area contributed by atoms with Crippen molar-refractivity contribution in [2.75, 3.05) is 7.11 Å². The SMILES string of the molecule is COc1ccc2c(c1)CCC1=C2CC[C@H](O)C1. The van der Waals surface area contributed by atoms with Crippen molar-refractivity contribution in [3.63, 3.8) is 0 Å². The van der Waals surface area contributed by atoms with Crippen LogP contribution in [0.2, 0.25) is 0 Å². The highest BCUT2D eigenvalue weighted by atomic mass is 16.5. The Morgan fingerprint density at radius 2 is 2.12 bits per heavy atom. The number of aliphatic hydroxyl groups is 1. The highest BCUT2D eigenvalue weighted by Crippen LogP contribution is 2.40. The molecule has 3 rings (SSSR count). The van der Waals surface area contributed by atoms with Crippen molar-refractivity contribution in [2.45, 2.75) is 38.2 Å². The predicted octanol–water partition coefficient (Wildman–Crippen LogP) is 2.94. The molecule has 0 saturated heterocycles. The van der Waals surface area contributed by atoms with Crippen LogP contribution in [0.1, 0.15) is 36.8 Å². The number of hydrogen-bond donors (Lipinski definition) is 1. The van der Waals surface area contributed by atoms with Crippen LogP contribution in [0.25, 0.3) is 5.57 Å². The number of methoxy groups -OCH3 is 1. The van der Waals surface area contributed by atoms with Gasteiger partial charge < -0.3 is 9.84 Å². The number of rotatable bonds is 1. The molecule has 2 nitrogen and oxygen atoms in total. The maximum Gasteiger partial charge on any atom is 0.119 e. The average Bonchev–Trinajstić information content (AvgIpc) is 2.37. The van der Waals surface area contributed by atoms with Gasteiger partial charge in [-0.3, -0.25) is 0 Å². The molecule has 0 unspecified atom stereocenters. The Bertz CT molecular complexity index is 474. The van der Waals surface area contributed by atoms with E-state index in [-0.39, 0.29) is 6.10 Å². The summed E-state index contributed by atoms with van der Waals surface area (Å²) in [6.45, 7) is 0. The van der Waals surface area contributed by atoms with Gasteiger partial charge in [-0.2, -0.15) is 0 Å². The van der Waals surface area contributed by atoms with Gasteiger partial charge in [0.05, 0.1) is 13.2 Å². The molecule has 1 aromatic carbocycles. The molecule has 0 saturated carbocycles. The monoisotopic (exact) mass is 230 g/mol. The van der Waals surface area contributed by atoms with Crippen LogP contribution in [0.4, 0.5) is 0 Å². The van der Waals surface area contributed by atoms with Gasteiger partial charge in [-0.15, -0.1) is 0 Å². The molecule has 0 aromatic heterocycles. The Kier molecular flexibility index (Phi) is 2.67. The molecule has 0 spiro atoms. The van der Waals surface area contributed by atoms with Crippen molar-refractivity contribution in [3.05, 3.63) is 34.9 Å². The third kappa shape index (κ3) is 1.87. The fourth-order valence-electron chi connectivity index (χ4n) is 3.06. The lowest BCUT2D eigenvalue weighted by molar-refractivity contribution is 0.160. The molecule has 0 amide bonds. The number of ether oxygens (including phenoxy) is 1. The minimum atomic E-state index is -0.117. The third-order valence-corrected chi connectivity index (χ3v) is 3.97. The second-order valence-corrected chi connectivity index (χ2v) is 5.00. The Hall–Kier alpha value is -1.28. The van der Waals surface area contributed by atoms with Gasteiger partial charge in [0.25, 0.3) is 0 Å². The van der Waals surface area contributed by atoms with E-state index in [1.807, 2.05) is 6.07 Å². The molecule has 1 N–H and O–H groups in total. The minimum absolute atomic E-state index is 0.117. The molecule has 0 fully saturated rings. The zero-order valence-electron chi connectivity index (χ0n) is 10.2. The van der Waals surface area contributed by atoms with Crippen LogP contribution in [0.3, 0.4) is 0 Å². The number of benzene rings is 1. The van der Waals surface area contributed by atoms with Crippen LogP contribution < -0.4 is 4.74 Å². The fourth-order valence-corrected chi connectivity index (χ4v) is 3.06. The molecule has 1 atom stereocenters. The van der Waals surface area contributed by atoms with Crippen molar-refractivity contribution in [3.8, 4) is 5.75 Å². The average molecular weight is 230 g/mol. The zero-order chi connectivity index (χ0) is 11.8. The Balaban J connectivity index is 2.03. The van der Waals surface area contributed by atoms with Crippen molar-refractivity contribution in [1.29, 1.82) is 0 Å². The molecule has 0 radical (unpaired) electrons. The highest BCUT2D eigenvalue weighted by molar-refractivity contribution is 5.74. The summed E-state index contributed by atoms with van der Waals surface area (Å²) in [5.74, 6) is 0.948. The Morgan fingerprint density at radius 1 is 1.24 bits per heavy atom. The van der Waals surface area contributed by atoms with E-state index >= 15 is 0 Å². The van der Waals surface area contributed by atoms with Gasteiger partial charge in [0.2, 0.25) is 0 Å². The number of aliphatic hydroxyl groups excluding tert-OH is 1. The van der Waals surface area contributed by atoms with Crippen molar-refractivity contribution >= 4 is 5.57 Å². The molecule has 2 aliphatic rings. The smallest absolute Gasteiger partial charge is 0.119 e. The van der Waals surface area contributed by atoms with Crippen LogP contribution in [0.15, 0.2) is 23.8 Å². The molecular weight excluding hydrogens is 212 g/mol. The summed E-state index contributed by atoms with van der Waals surface area (Å²) in [6, 6.07) is 6.38. The first-order chi connectivity index (χ1) is 8.28. The number of allylic oxidation sites excluding steroid dienone is 1. The van der Waals surface area contributed by atoms with Gasteiger partial charge in [-0.25, -0.2) is 0 Å². The van der Waals surface area contributed by atoms with E-state index in [1.54, 1.807) is 7.11 Å². The largest absolute Gasteiger partial charge is 0.497 e. The van der Waals surface area contributed by atoms with Gasteiger partial charge >= 0.3 is 0 Å². The van der Waals surface area contributed by atoms with Gasteiger partial charge in [0, 0.05) is 0 Å². The van der Waals surface area contributed by atoms with Crippen LogP contribution in [0.5, 0.6) is 5.75 Å². The van der Waals surface area contributed by atoms with Crippen LogP contribution in [-0.4, -0.2) is 18.3 Å². The second kappa shape index (κ2) is 4.19. The lowest BCUT2D eigenvalue weighted by Gasteiger charge is -2.29. The van der Waals surface area contributed by atoms with E-state index < -0.39 is 0 Å². The maximum absolute atomic E-state index is 9.72. The maximum atomic E-state index is 9.72. The molecule has 1 aromatic rings. The number of fused-ring (bicyclic) bond motifs is 2. The predicted molar refractivity (Wildman–Crippen MR) is 68.1 cm³/mol. The zero-order valence-corrected chi connectivity index (χ0v) is 10.2. The topological polar surface area (TPSA) is 29.5 Å². The summed E-state index contributed by atoms with van der Waals surface area (Å²) in [4.78, 5) is 0. The van der Waals surface area contributed by atoms with Crippen molar-refractivity contribution in [2.24, 2.45) is 0 Å². The first-order valence-corrected chi connectivity index (χ1v) is 6.34. The molecule has 2 aliphatic carbocycles. The van der Waals surface area contributed by atoms with Crippen molar-refractivity contribution < 1.29 is 9.84 Å². The van der Waals surface area contributed by atoms with Crippen LogP contribution >= 0.6 is 0 Å². The number of aryl methyl sites for hydroxylation is 1. The lowest BCUT2D eigenvalue weighted by Crippen LogP contribution is -2.18. The van der Waals surface area contributed by atoms with E-state index in [4.69, 9.17) is 4.74 Å². The first kappa shape index (κ1) is 10.8. The summed E-state index contributed by atoms with van der Waals surface area (Å²) in [6.07, 6.45) is 4.87. The summed E-state index contributed by atoms with van der Waals surface area (Å²) in [5.41, 5.74) is 5.75. The second-order valence-electron chi connectivity index (χ2n) is 5.00. The summed E-state index contributed by atoms with van der Waals surface area (Å²) >= 11 is 0. The van der Waals surface area contributed by atoms with Gasteiger partial charge in [-0.1, -0.05) is 11.6 Å². The van der Waals surface area contributed by atoms with E-state index in [0.717, 1.165) is 37.9 Å². The standard InChI is InChI=1S/C15H18O2/c1-17-13-5-7-15-11(9-13)3-2-10-8-12(16)4-6-14(10)15/h5,7,9,12,16H,2-4,6,8H2,1H3/t12-/m0/s1. The molecular formula is C15H18O2. The minimum Gasteiger partial charge on any atom is -0.497 e. The molecule has 0 heterocycles. The summed E-state index contributed by atoms with van der Waals surface area (Å²) in [7, 11) is 1.71. The van der Waals surface area contributed by atoms with Crippen LogP contribution in [-0.2, 0) is 6.42 Å². The van der Waals surface area contributed by atoms with Crippen LogP contribution in [0, 0.1) is 0 Å². The Morgan fingerprint density at radius 3 is 2.94 bits per heavy atom.